The molecule has 1 aliphatic heterocycles. The Morgan fingerprint density at radius 3 is 2.20 bits per heavy atom. The molecule has 2 aromatic rings. The summed E-state index contributed by atoms with van der Waals surface area (Å²) in [4.78, 5) is 95.5. The van der Waals surface area contributed by atoms with Gasteiger partial charge in [0.2, 0.25) is 29.5 Å². The maximum absolute atomic E-state index is 14.6. The van der Waals surface area contributed by atoms with Crippen molar-refractivity contribution < 1.29 is 48.0 Å². The summed E-state index contributed by atoms with van der Waals surface area (Å²) in [6, 6.07) is 4.43. The molecule has 1 saturated heterocycles. The number of carboxylic acids is 1. The highest BCUT2D eigenvalue weighted by molar-refractivity contribution is 8.01. The highest BCUT2D eigenvalue weighted by Gasteiger charge is 2.45. The van der Waals surface area contributed by atoms with Gasteiger partial charge in [-0.25, -0.2) is 9.36 Å². The molecule has 2 fully saturated rings. The summed E-state index contributed by atoms with van der Waals surface area (Å²) in [7, 11) is 1.80. The lowest BCUT2D eigenvalue weighted by Gasteiger charge is -2.38. The number of primary amides is 1. The second-order valence-electron chi connectivity index (χ2n) is 15.9. The van der Waals surface area contributed by atoms with Crippen molar-refractivity contribution in [3.8, 4) is 0 Å². The molecule has 1 aliphatic carbocycles. The van der Waals surface area contributed by atoms with E-state index in [9.17, 15) is 38.7 Å². The minimum absolute atomic E-state index is 0.0325. The van der Waals surface area contributed by atoms with Crippen LogP contribution in [0.4, 0.5) is 10.5 Å². The van der Waals surface area contributed by atoms with Crippen LogP contribution in [0.15, 0.2) is 61.4 Å². The van der Waals surface area contributed by atoms with Gasteiger partial charge in [0, 0.05) is 47.2 Å². The Hall–Kier alpha value is -5.65. The Morgan fingerprint density at radius 2 is 1.57 bits per heavy atom. The molecule has 1 aromatic carbocycles. The molecule has 1 saturated carbocycles. The molecule has 2 heterocycles. The zero-order valence-corrected chi connectivity index (χ0v) is 35.3. The normalized spacial score (nSPS) is 17.6. The number of nitrogens with zero attached hydrogens (tertiary/aromatic N) is 2. The average Bonchev–Trinajstić information content (AvgIpc) is 3.71. The number of carbonyl (C=O) groups excluding carboxylic acids is 7. The first-order valence-electron chi connectivity index (χ1n) is 20.2. The predicted octanol–water partition coefficient (Wildman–Crippen LogP) is -0.0680. The van der Waals surface area contributed by atoms with E-state index in [-0.39, 0.29) is 31.9 Å². The van der Waals surface area contributed by atoms with E-state index in [0.29, 0.717) is 42.5 Å². The van der Waals surface area contributed by atoms with Gasteiger partial charge < -0.3 is 52.3 Å². The molecule has 60 heavy (non-hydrogen) atoms. The number of hydrogen-bond donors (Lipinski definition) is 6. The van der Waals surface area contributed by atoms with Gasteiger partial charge in [-0.1, -0.05) is 44.1 Å². The predicted molar refractivity (Wildman–Crippen MR) is 222 cm³/mol. The van der Waals surface area contributed by atoms with Gasteiger partial charge in [0.05, 0.1) is 5.97 Å². The number of likely N-dealkylation sites (tertiary alicyclic amines) is 1. The number of nitrogen functional groups attached to an aromatic ring is 1. The van der Waals surface area contributed by atoms with Gasteiger partial charge >= 0.3 is 6.09 Å². The molecular weight excluding hydrogens is 793 g/mol. The van der Waals surface area contributed by atoms with Gasteiger partial charge in [0.1, 0.15) is 43.9 Å². The fraction of sp³-hybridized carbons (Fsp3) is 0.524. The first kappa shape index (κ1) is 47.0. The molecule has 1 aromatic heterocycles. The molecule has 0 radical (unpaired) electrons. The number of ether oxygens (including phenoxy) is 1. The number of amides is 6. The molecule has 6 amide bonds. The number of hydrogen-bond acceptors (Lipinski definition) is 11. The van der Waals surface area contributed by atoms with E-state index >= 15 is 0 Å². The highest BCUT2D eigenvalue weighted by Crippen LogP contribution is 2.32. The third-order valence-corrected chi connectivity index (χ3v) is 12.2. The number of aromatic nitrogens is 1. The number of rotatable bonds is 20. The van der Waals surface area contributed by atoms with Crippen molar-refractivity contribution in [2.75, 3.05) is 24.6 Å². The van der Waals surface area contributed by atoms with E-state index < -0.39 is 82.3 Å². The minimum Gasteiger partial charge on any atom is -0.549 e. The van der Waals surface area contributed by atoms with E-state index in [1.54, 1.807) is 74.3 Å². The number of anilines is 1. The quantitative estimate of drug-likeness (QED) is 0.0584. The van der Waals surface area contributed by atoms with Gasteiger partial charge in [0.25, 0.3) is 0 Å². The van der Waals surface area contributed by atoms with Crippen LogP contribution >= 0.6 is 11.8 Å². The Morgan fingerprint density at radius 1 is 0.917 bits per heavy atom. The van der Waals surface area contributed by atoms with Crippen LogP contribution in [-0.2, 0) is 53.4 Å². The SMILES string of the molecule is C=CCOC(=O)N[C@@H](Cc1ccc(N)cc1)C(=O)N[C@H](C(=O)N[C@@H](Cc1ccc[n+](C)c1)C(=O)N[C@H](C(=O)N1CCC[C@H]1C(N)=O)C(C)(C)SCC(=O)[O-])C1CCCCC1. The van der Waals surface area contributed by atoms with Crippen molar-refractivity contribution in [2.24, 2.45) is 18.7 Å². The lowest BCUT2D eigenvalue weighted by molar-refractivity contribution is -0.671. The van der Waals surface area contributed by atoms with Gasteiger partial charge in [-0.3, -0.25) is 24.0 Å². The number of thioether (sulfide) groups is 1. The van der Waals surface area contributed by atoms with Crippen molar-refractivity contribution in [1.82, 2.24) is 26.2 Å². The Kier molecular flexibility index (Phi) is 17.3. The van der Waals surface area contributed by atoms with E-state index in [1.807, 2.05) is 0 Å². The zero-order valence-electron chi connectivity index (χ0n) is 34.5. The van der Waals surface area contributed by atoms with Crippen LogP contribution in [0.25, 0.3) is 0 Å². The summed E-state index contributed by atoms with van der Waals surface area (Å²) in [5.74, 6) is -5.59. The fourth-order valence-corrected chi connectivity index (χ4v) is 8.43. The lowest BCUT2D eigenvalue weighted by Crippen LogP contribution is -2.63. The standard InChI is InChI=1S/C42H58N8O9S/c1-5-21-59-41(58)46-31(22-26-15-17-29(43)18-16-26)37(54)47-34(28-12-7-6-8-13-28)39(56)45-30(23-27-11-9-19-49(4)24-27)38(55)48-35(42(2,3)60-25-33(51)52)40(57)50-20-10-14-32(50)36(44)53/h5,9,11,15-19,24,28,30-32,34-35H,1,6-8,10,12-14,20-23,25,43H2,2-4H3,(H6-,44,45,46,47,48,51,52,53,54,55,56,58)/t30-,31-,32-,34-,35+/m0/s1. The topological polar surface area (TPSA) is 259 Å². The lowest BCUT2D eigenvalue weighted by atomic mass is 9.83. The molecule has 326 valence electrons. The van der Waals surface area contributed by atoms with Crippen LogP contribution in [-0.4, -0.2) is 100 Å². The van der Waals surface area contributed by atoms with E-state index in [1.165, 1.54) is 11.0 Å². The summed E-state index contributed by atoms with van der Waals surface area (Å²) in [5.41, 5.74) is 13.4. The van der Waals surface area contributed by atoms with Gasteiger partial charge in [-0.05, 0) is 69.2 Å². The van der Waals surface area contributed by atoms with Crippen LogP contribution in [0.3, 0.4) is 0 Å². The smallest absolute Gasteiger partial charge is 0.408 e. The van der Waals surface area contributed by atoms with Crippen molar-refractivity contribution in [3.63, 3.8) is 0 Å². The highest BCUT2D eigenvalue weighted by atomic mass is 32.2. The maximum Gasteiger partial charge on any atom is 0.408 e. The molecular formula is C42H58N8O9S. The van der Waals surface area contributed by atoms with Gasteiger partial charge in [-0.15, -0.1) is 11.8 Å². The van der Waals surface area contributed by atoms with Gasteiger partial charge in [0.15, 0.2) is 12.4 Å². The second kappa shape index (κ2) is 22.1. The van der Waals surface area contributed by atoms with E-state index in [2.05, 4.69) is 27.8 Å². The number of nitrogens with one attached hydrogen (secondary N) is 4. The molecule has 0 unspecified atom stereocenters. The molecule has 5 atom stereocenters. The second-order valence-corrected chi connectivity index (χ2v) is 17.5. The van der Waals surface area contributed by atoms with Crippen LogP contribution in [0.5, 0.6) is 0 Å². The average molecular weight is 851 g/mol. The van der Waals surface area contributed by atoms with Crippen molar-refractivity contribution in [2.45, 2.75) is 107 Å². The molecule has 4 rings (SSSR count). The van der Waals surface area contributed by atoms with E-state index in [4.69, 9.17) is 16.2 Å². The number of carbonyl (C=O) groups is 7. The van der Waals surface area contributed by atoms with Crippen LogP contribution < -0.4 is 42.4 Å². The van der Waals surface area contributed by atoms with Crippen LogP contribution in [0, 0.1) is 5.92 Å². The zero-order chi connectivity index (χ0) is 44.0. The number of alkyl carbamates (subject to hydrolysis) is 1. The molecule has 0 bridgehead atoms. The third-order valence-electron chi connectivity index (χ3n) is 10.8. The Labute approximate surface area is 354 Å². The van der Waals surface area contributed by atoms with Crippen molar-refractivity contribution >= 4 is 59.0 Å². The Balaban J connectivity index is 1.68. The molecule has 8 N–H and O–H groups in total. The molecule has 18 heteroatoms. The first-order chi connectivity index (χ1) is 28.5. The van der Waals surface area contributed by atoms with E-state index in [0.717, 1.165) is 31.0 Å². The third kappa shape index (κ3) is 13.7. The molecule has 2 aliphatic rings. The number of carboxylic acid groups (broad SMARTS) is 1. The van der Waals surface area contributed by atoms with Crippen LogP contribution in [0.1, 0.15) is 69.9 Å². The summed E-state index contributed by atoms with van der Waals surface area (Å²) < 4.78 is 5.64. The van der Waals surface area contributed by atoms with Crippen molar-refractivity contribution in [3.05, 3.63) is 72.6 Å². The number of aliphatic carboxylic acids is 1. The summed E-state index contributed by atoms with van der Waals surface area (Å²) in [5, 5.41) is 22.7. The summed E-state index contributed by atoms with van der Waals surface area (Å²) in [6.45, 7) is 6.84. The first-order valence-corrected chi connectivity index (χ1v) is 21.1. The number of pyridine rings is 1. The molecule has 0 spiro atoms. The maximum atomic E-state index is 14.6. The monoisotopic (exact) mass is 850 g/mol. The largest absolute Gasteiger partial charge is 0.549 e. The Bertz CT molecular complexity index is 1870. The fourth-order valence-electron chi connectivity index (χ4n) is 7.61. The van der Waals surface area contributed by atoms with Crippen molar-refractivity contribution in [1.29, 1.82) is 0 Å². The number of aryl methyl sites for hydroxylation is 1. The summed E-state index contributed by atoms with van der Waals surface area (Å²) in [6.07, 6.45) is 8.71. The minimum atomic E-state index is -1.38. The number of nitrogens with two attached hydrogens (primary N) is 2. The number of benzene rings is 1. The van der Waals surface area contributed by atoms with Gasteiger partial charge in [-0.2, -0.15) is 0 Å². The van der Waals surface area contributed by atoms with Crippen LogP contribution in [0.2, 0.25) is 0 Å². The molecule has 17 nitrogen and oxygen atoms in total. The summed E-state index contributed by atoms with van der Waals surface area (Å²) >= 11 is 0.879.